The van der Waals surface area contributed by atoms with Gasteiger partial charge in [-0.05, 0) is 25.8 Å². The summed E-state index contributed by atoms with van der Waals surface area (Å²) in [6, 6.07) is 0. The maximum atomic E-state index is 10.5. The van der Waals surface area contributed by atoms with E-state index in [-0.39, 0.29) is 5.78 Å². The number of hydrogen-bond donors (Lipinski definition) is 0. The number of allylic oxidation sites excluding steroid dienone is 6. The zero-order valence-electron chi connectivity index (χ0n) is 9.91. The standard InChI is InChI=1S/C14H22O/c1-3-4-5-6-7-8-9-10-11-12-13-14(2)15/h8-13H,3-7H2,1-2H3/b9-8?,11-10+,13-12-. The van der Waals surface area contributed by atoms with Crippen LogP contribution in [-0.2, 0) is 4.79 Å². The Bertz CT molecular complexity index is 234. The molecule has 0 aromatic rings. The van der Waals surface area contributed by atoms with E-state index >= 15 is 0 Å². The summed E-state index contributed by atoms with van der Waals surface area (Å²) in [4.78, 5) is 10.5. The van der Waals surface area contributed by atoms with E-state index in [1.54, 1.807) is 19.1 Å². The van der Waals surface area contributed by atoms with Gasteiger partial charge in [0.2, 0.25) is 0 Å². The Morgan fingerprint density at radius 3 is 2.40 bits per heavy atom. The van der Waals surface area contributed by atoms with Gasteiger partial charge in [0.05, 0.1) is 0 Å². The molecule has 0 aromatic heterocycles. The van der Waals surface area contributed by atoms with E-state index in [4.69, 9.17) is 0 Å². The molecule has 0 radical (unpaired) electrons. The first-order valence-corrected chi connectivity index (χ1v) is 5.77. The van der Waals surface area contributed by atoms with Crippen molar-refractivity contribution in [2.45, 2.75) is 46.0 Å². The summed E-state index contributed by atoms with van der Waals surface area (Å²) in [6.07, 6.45) is 17.8. The number of carbonyl (C=O) groups is 1. The molecule has 0 unspecified atom stereocenters. The fourth-order valence-electron chi connectivity index (χ4n) is 1.18. The van der Waals surface area contributed by atoms with Crippen LogP contribution in [0.3, 0.4) is 0 Å². The molecule has 0 amide bonds. The van der Waals surface area contributed by atoms with Crippen molar-refractivity contribution in [1.29, 1.82) is 0 Å². The maximum absolute atomic E-state index is 10.5. The fraction of sp³-hybridized carbons (Fsp3) is 0.500. The van der Waals surface area contributed by atoms with Crippen molar-refractivity contribution >= 4 is 5.78 Å². The molecule has 0 aliphatic heterocycles. The van der Waals surface area contributed by atoms with Crippen LogP contribution in [0.2, 0.25) is 0 Å². The minimum atomic E-state index is 0.0863. The monoisotopic (exact) mass is 206 g/mol. The van der Waals surface area contributed by atoms with Crippen molar-refractivity contribution in [3.8, 4) is 0 Å². The first-order valence-electron chi connectivity index (χ1n) is 5.77. The van der Waals surface area contributed by atoms with E-state index < -0.39 is 0 Å². The Balaban J connectivity index is 3.41. The molecule has 0 aliphatic carbocycles. The first-order chi connectivity index (χ1) is 7.27. The van der Waals surface area contributed by atoms with Crippen molar-refractivity contribution < 1.29 is 4.79 Å². The molecule has 0 heterocycles. The number of carbonyl (C=O) groups excluding carboxylic acids is 1. The van der Waals surface area contributed by atoms with Crippen molar-refractivity contribution in [2.75, 3.05) is 0 Å². The van der Waals surface area contributed by atoms with Gasteiger partial charge >= 0.3 is 0 Å². The summed E-state index contributed by atoms with van der Waals surface area (Å²) >= 11 is 0. The highest BCUT2D eigenvalue weighted by molar-refractivity contribution is 5.87. The number of rotatable bonds is 8. The first kappa shape index (κ1) is 13.9. The van der Waals surface area contributed by atoms with Gasteiger partial charge in [0.1, 0.15) is 0 Å². The van der Waals surface area contributed by atoms with Crippen LogP contribution in [0.4, 0.5) is 0 Å². The lowest BCUT2D eigenvalue weighted by molar-refractivity contribution is -0.112. The molecular formula is C14H22O. The molecule has 15 heavy (non-hydrogen) atoms. The predicted molar refractivity (Wildman–Crippen MR) is 66.9 cm³/mol. The second-order valence-corrected chi connectivity index (χ2v) is 3.63. The summed E-state index contributed by atoms with van der Waals surface area (Å²) in [7, 11) is 0. The average molecular weight is 206 g/mol. The number of hydrogen-bond acceptors (Lipinski definition) is 1. The second-order valence-electron chi connectivity index (χ2n) is 3.63. The lowest BCUT2D eigenvalue weighted by Crippen LogP contribution is -1.77. The third-order valence-electron chi connectivity index (χ3n) is 2.02. The van der Waals surface area contributed by atoms with Gasteiger partial charge in [0, 0.05) is 0 Å². The highest BCUT2D eigenvalue weighted by Crippen LogP contribution is 2.02. The summed E-state index contributed by atoms with van der Waals surface area (Å²) in [5.74, 6) is 0.0863. The van der Waals surface area contributed by atoms with Gasteiger partial charge in [-0.1, -0.05) is 56.6 Å². The minimum absolute atomic E-state index is 0.0863. The molecule has 1 nitrogen and oxygen atoms in total. The molecule has 0 atom stereocenters. The molecule has 0 saturated carbocycles. The van der Waals surface area contributed by atoms with Crippen molar-refractivity contribution in [1.82, 2.24) is 0 Å². The van der Waals surface area contributed by atoms with Crippen LogP contribution < -0.4 is 0 Å². The van der Waals surface area contributed by atoms with Gasteiger partial charge in [-0.15, -0.1) is 0 Å². The van der Waals surface area contributed by atoms with E-state index in [2.05, 4.69) is 13.0 Å². The molecule has 1 heteroatoms. The van der Waals surface area contributed by atoms with Gasteiger partial charge < -0.3 is 0 Å². The molecule has 0 rings (SSSR count). The lowest BCUT2D eigenvalue weighted by Gasteiger charge is -1.92. The van der Waals surface area contributed by atoms with E-state index in [0.29, 0.717) is 0 Å². The van der Waals surface area contributed by atoms with Gasteiger partial charge in [0.25, 0.3) is 0 Å². The third-order valence-corrected chi connectivity index (χ3v) is 2.02. The van der Waals surface area contributed by atoms with Crippen LogP contribution in [0, 0.1) is 0 Å². The van der Waals surface area contributed by atoms with Crippen LogP contribution in [0.25, 0.3) is 0 Å². The average Bonchev–Trinajstić information content (AvgIpc) is 2.20. The summed E-state index contributed by atoms with van der Waals surface area (Å²) < 4.78 is 0. The zero-order chi connectivity index (χ0) is 11.4. The lowest BCUT2D eigenvalue weighted by atomic mass is 10.1. The highest BCUT2D eigenvalue weighted by Gasteiger charge is 1.83. The van der Waals surface area contributed by atoms with Crippen molar-refractivity contribution in [3.63, 3.8) is 0 Å². The molecule has 0 spiro atoms. The van der Waals surface area contributed by atoms with Crippen LogP contribution in [-0.4, -0.2) is 5.78 Å². The number of unbranched alkanes of at least 4 members (excludes halogenated alkanes) is 4. The van der Waals surface area contributed by atoms with E-state index in [9.17, 15) is 4.79 Å². The van der Waals surface area contributed by atoms with Gasteiger partial charge in [-0.2, -0.15) is 0 Å². The third kappa shape index (κ3) is 12.9. The van der Waals surface area contributed by atoms with E-state index in [1.165, 1.54) is 25.7 Å². The quantitative estimate of drug-likeness (QED) is 0.330. The Hall–Kier alpha value is -1.11. The Kier molecular flexibility index (Phi) is 10.2. The maximum Gasteiger partial charge on any atom is 0.152 e. The molecule has 0 saturated heterocycles. The predicted octanol–water partition coefficient (Wildman–Crippen LogP) is 4.21. The molecule has 0 N–H and O–H groups in total. The summed E-state index contributed by atoms with van der Waals surface area (Å²) in [6.45, 7) is 3.77. The molecule has 0 bridgehead atoms. The second kappa shape index (κ2) is 11.0. The zero-order valence-corrected chi connectivity index (χ0v) is 9.91. The van der Waals surface area contributed by atoms with E-state index in [0.717, 1.165) is 6.42 Å². The molecule has 0 aromatic carbocycles. The van der Waals surface area contributed by atoms with Crippen LogP contribution in [0.5, 0.6) is 0 Å². The SMILES string of the molecule is CCCCCCC=C/C=C/C=C\C(C)=O. The largest absolute Gasteiger partial charge is 0.295 e. The van der Waals surface area contributed by atoms with Gasteiger partial charge in [-0.25, -0.2) is 0 Å². The smallest absolute Gasteiger partial charge is 0.152 e. The van der Waals surface area contributed by atoms with Crippen molar-refractivity contribution in [3.05, 3.63) is 36.5 Å². The molecule has 0 fully saturated rings. The van der Waals surface area contributed by atoms with E-state index in [1.807, 2.05) is 18.2 Å². The molecule has 0 aliphatic rings. The van der Waals surface area contributed by atoms with Gasteiger partial charge in [-0.3, -0.25) is 4.79 Å². The Morgan fingerprint density at radius 1 is 1.00 bits per heavy atom. The van der Waals surface area contributed by atoms with Gasteiger partial charge in [0.15, 0.2) is 5.78 Å². The normalized spacial score (nSPS) is 12.1. The highest BCUT2D eigenvalue weighted by atomic mass is 16.1. The van der Waals surface area contributed by atoms with Crippen LogP contribution in [0.1, 0.15) is 46.0 Å². The fourth-order valence-corrected chi connectivity index (χ4v) is 1.18. The Labute approximate surface area is 93.6 Å². The van der Waals surface area contributed by atoms with Crippen LogP contribution in [0.15, 0.2) is 36.5 Å². The summed E-state index contributed by atoms with van der Waals surface area (Å²) in [5.41, 5.74) is 0. The minimum Gasteiger partial charge on any atom is -0.295 e. The molecular weight excluding hydrogens is 184 g/mol. The van der Waals surface area contributed by atoms with Crippen molar-refractivity contribution in [2.24, 2.45) is 0 Å². The topological polar surface area (TPSA) is 17.1 Å². The van der Waals surface area contributed by atoms with Crippen LogP contribution >= 0.6 is 0 Å². The Morgan fingerprint density at radius 2 is 1.73 bits per heavy atom. The molecule has 84 valence electrons. The summed E-state index contributed by atoms with van der Waals surface area (Å²) in [5, 5.41) is 0. The number of ketones is 1.